The monoisotopic (exact) mass is 698 g/mol. The van der Waals surface area contributed by atoms with Gasteiger partial charge in [0.15, 0.2) is 30.0 Å². The number of rotatable bonds is 7. The fourth-order valence-corrected chi connectivity index (χ4v) is 7.84. The third kappa shape index (κ3) is 6.46. The Morgan fingerprint density at radius 1 is 0.958 bits per heavy atom. The molecular formula is C33H43ClO14. The molecule has 1 spiro atoms. The minimum Gasteiger partial charge on any atom is -0.459 e. The molecule has 2 heterocycles. The second-order valence-electron chi connectivity index (χ2n) is 13.6. The minimum absolute atomic E-state index is 0.0624. The van der Waals surface area contributed by atoms with Crippen molar-refractivity contribution in [2.75, 3.05) is 6.61 Å². The van der Waals surface area contributed by atoms with Crippen LogP contribution < -0.4 is 0 Å². The molecule has 0 amide bonds. The largest absolute Gasteiger partial charge is 0.459 e. The van der Waals surface area contributed by atoms with Gasteiger partial charge in [-0.05, 0) is 24.5 Å². The molecule has 4 aliphatic rings. The maximum absolute atomic E-state index is 13.3. The van der Waals surface area contributed by atoms with Crippen molar-refractivity contribution in [3.8, 4) is 0 Å². The summed E-state index contributed by atoms with van der Waals surface area (Å²) < 4.78 is 41.3. The van der Waals surface area contributed by atoms with Gasteiger partial charge in [-0.25, -0.2) is 0 Å². The van der Waals surface area contributed by atoms with Crippen molar-refractivity contribution < 1.29 is 67.0 Å². The number of hydrogen-bond donors (Lipinski definition) is 1. The molecule has 0 radical (unpaired) electrons. The van der Waals surface area contributed by atoms with Crippen LogP contribution in [0.25, 0.3) is 0 Å². The molecule has 1 saturated carbocycles. The van der Waals surface area contributed by atoms with Crippen molar-refractivity contribution in [2.24, 2.45) is 23.2 Å². The zero-order valence-electron chi connectivity index (χ0n) is 28.2. The molecule has 2 aliphatic heterocycles. The number of fused-ring (bicyclic) bond motifs is 3. The predicted octanol–water partition coefficient (Wildman–Crippen LogP) is 2.10. The molecule has 12 atom stereocenters. The van der Waals surface area contributed by atoms with Crippen LogP contribution in [0.4, 0.5) is 0 Å². The molecule has 4 rings (SSSR count). The summed E-state index contributed by atoms with van der Waals surface area (Å²) in [4.78, 5) is 77.7. The molecule has 0 aromatic carbocycles. The normalized spacial score (nSPS) is 40.9. The summed E-state index contributed by atoms with van der Waals surface area (Å²) in [6.07, 6.45) is -6.71. The van der Waals surface area contributed by atoms with E-state index in [9.17, 15) is 33.9 Å². The molecule has 15 heteroatoms. The molecule has 2 saturated heterocycles. The molecule has 3 fully saturated rings. The van der Waals surface area contributed by atoms with E-state index in [4.69, 9.17) is 44.8 Å². The van der Waals surface area contributed by atoms with Crippen molar-refractivity contribution >= 4 is 47.4 Å². The molecule has 0 aromatic heterocycles. The Labute approximate surface area is 283 Å². The van der Waals surface area contributed by atoms with Gasteiger partial charge in [0.1, 0.15) is 17.8 Å². The zero-order valence-corrected chi connectivity index (χ0v) is 28.9. The number of ether oxygens (including phenoxy) is 7. The Morgan fingerprint density at radius 3 is 2.00 bits per heavy atom. The van der Waals surface area contributed by atoms with Crippen LogP contribution >= 0.6 is 11.6 Å². The Bertz CT molecular complexity index is 1400. The van der Waals surface area contributed by atoms with Gasteiger partial charge in [-0.3, -0.25) is 28.8 Å². The van der Waals surface area contributed by atoms with Crippen LogP contribution in [-0.4, -0.2) is 101 Å². The summed E-state index contributed by atoms with van der Waals surface area (Å²) in [5.74, 6) is -7.94. The van der Waals surface area contributed by atoms with Crippen molar-refractivity contribution in [3.63, 3.8) is 0 Å². The molecule has 0 bridgehead atoms. The van der Waals surface area contributed by atoms with E-state index in [1.54, 1.807) is 13.8 Å². The van der Waals surface area contributed by atoms with Gasteiger partial charge in [-0.2, -0.15) is 0 Å². The molecule has 1 N–H and O–H groups in total. The summed E-state index contributed by atoms with van der Waals surface area (Å²) in [5, 5.41) is 11.5. The number of carbonyl (C=O) groups excluding carboxylic acids is 6. The predicted molar refractivity (Wildman–Crippen MR) is 164 cm³/mol. The second kappa shape index (κ2) is 13.4. The zero-order chi connectivity index (χ0) is 36.1. The number of epoxide rings is 1. The highest BCUT2D eigenvalue weighted by Crippen LogP contribution is 2.63. The lowest BCUT2D eigenvalue weighted by molar-refractivity contribution is -0.280. The average Bonchev–Trinajstić information content (AvgIpc) is 3.71. The topological polar surface area (TPSA) is 191 Å². The van der Waals surface area contributed by atoms with Crippen LogP contribution in [0.3, 0.4) is 0 Å². The standard InChI is InChI=1S/C33H43ClO14/c1-14(2)12-22(39)47-28-24(44-18(6)36)27(45-19(7)37)31(9)21(43-17(5)35)11-10-15(3)23(34)26-33(41,16(4)30(40)48-26)29(46-20(8)38)25(31)32(28)13-42-32/h10-11,14,16,21,23-29,41H,3,12-13H2,1-2,4-9H3/b11-10-/t16-,21-,23-,24+,25+,26-,27-,28+,29-,31+,32-,33-/m0/s1. The van der Waals surface area contributed by atoms with E-state index in [-0.39, 0.29) is 24.5 Å². The molecule has 266 valence electrons. The summed E-state index contributed by atoms with van der Waals surface area (Å²) >= 11 is 6.80. The molecule has 0 unspecified atom stereocenters. The van der Waals surface area contributed by atoms with Crippen LogP contribution in [-0.2, 0) is 61.9 Å². The summed E-state index contributed by atoms with van der Waals surface area (Å²) in [6.45, 7) is 14.6. The van der Waals surface area contributed by atoms with Crippen LogP contribution in [0, 0.1) is 23.2 Å². The van der Waals surface area contributed by atoms with Crippen LogP contribution in [0.15, 0.2) is 24.3 Å². The van der Waals surface area contributed by atoms with E-state index >= 15 is 0 Å². The van der Waals surface area contributed by atoms with Gasteiger partial charge < -0.3 is 38.3 Å². The molecule has 2 aliphatic carbocycles. The quantitative estimate of drug-likeness (QED) is 0.176. The lowest BCUT2D eigenvalue weighted by Crippen LogP contribution is -2.76. The van der Waals surface area contributed by atoms with Crippen LogP contribution in [0.5, 0.6) is 0 Å². The smallest absolute Gasteiger partial charge is 0.312 e. The van der Waals surface area contributed by atoms with E-state index in [1.165, 1.54) is 26.0 Å². The number of aliphatic hydroxyl groups is 1. The molecule has 48 heavy (non-hydrogen) atoms. The third-order valence-electron chi connectivity index (χ3n) is 9.60. The number of halogens is 1. The highest BCUT2D eigenvalue weighted by molar-refractivity contribution is 6.23. The van der Waals surface area contributed by atoms with Crippen molar-refractivity contribution in [3.05, 3.63) is 24.3 Å². The van der Waals surface area contributed by atoms with E-state index in [0.717, 1.165) is 27.7 Å². The van der Waals surface area contributed by atoms with Gasteiger partial charge in [-0.1, -0.05) is 33.4 Å². The average molecular weight is 699 g/mol. The number of carbonyl (C=O) groups is 6. The summed E-state index contributed by atoms with van der Waals surface area (Å²) in [6, 6.07) is 0. The molecule has 14 nitrogen and oxygen atoms in total. The van der Waals surface area contributed by atoms with Crippen molar-refractivity contribution in [1.82, 2.24) is 0 Å². The maximum atomic E-state index is 13.3. The summed E-state index contributed by atoms with van der Waals surface area (Å²) in [5.41, 5.74) is -5.88. The van der Waals surface area contributed by atoms with Crippen molar-refractivity contribution in [1.29, 1.82) is 0 Å². The number of allylic oxidation sites excluding steroid dienone is 1. The Kier molecular flexibility index (Phi) is 10.4. The van der Waals surface area contributed by atoms with Gasteiger partial charge in [-0.15, -0.1) is 11.6 Å². The second-order valence-corrected chi connectivity index (χ2v) is 14.0. The lowest BCUT2D eigenvalue weighted by atomic mass is 9.51. The van der Waals surface area contributed by atoms with E-state index in [1.807, 2.05) is 0 Å². The fourth-order valence-electron chi connectivity index (χ4n) is 7.51. The molecular weight excluding hydrogens is 656 g/mol. The Balaban J connectivity index is 2.15. The molecule has 0 aromatic rings. The fraction of sp³-hybridized carbons (Fsp3) is 0.697. The van der Waals surface area contributed by atoms with Gasteiger partial charge in [0, 0.05) is 40.0 Å². The lowest BCUT2D eigenvalue weighted by Gasteiger charge is -2.59. The van der Waals surface area contributed by atoms with E-state index < -0.39 is 106 Å². The first-order valence-corrected chi connectivity index (χ1v) is 16.1. The van der Waals surface area contributed by atoms with Gasteiger partial charge >= 0.3 is 35.8 Å². The Hall–Kier alpha value is -3.49. The highest BCUT2D eigenvalue weighted by Gasteiger charge is 2.81. The number of hydrogen-bond acceptors (Lipinski definition) is 14. The maximum Gasteiger partial charge on any atom is 0.312 e. The number of esters is 6. The SMILES string of the molecule is C=C1/C=C\[C@H](OC(C)=O)[C@@]2(C)[C@@H](OC(C)=O)[C@@H](OC(C)=O)[C@@H](OC(=O)CC(C)C)[C@]3(CO3)[C@@H]2[C@H](OC(C)=O)[C@]2(O)[C@@H](C)C(=O)O[C@H]2[C@H]1Cl. The van der Waals surface area contributed by atoms with Crippen LogP contribution in [0.2, 0.25) is 0 Å². The Morgan fingerprint density at radius 2 is 1.50 bits per heavy atom. The van der Waals surface area contributed by atoms with E-state index in [2.05, 4.69) is 6.58 Å². The third-order valence-corrected chi connectivity index (χ3v) is 10.1. The van der Waals surface area contributed by atoms with Crippen molar-refractivity contribution in [2.45, 2.75) is 115 Å². The van der Waals surface area contributed by atoms with Gasteiger partial charge in [0.05, 0.1) is 23.3 Å². The van der Waals surface area contributed by atoms with E-state index in [0.29, 0.717) is 0 Å². The highest BCUT2D eigenvalue weighted by atomic mass is 35.5. The van der Waals surface area contributed by atoms with Gasteiger partial charge in [0.25, 0.3) is 0 Å². The summed E-state index contributed by atoms with van der Waals surface area (Å²) in [7, 11) is 0. The first-order chi connectivity index (χ1) is 22.2. The van der Waals surface area contributed by atoms with Crippen LogP contribution in [0.1, 0.15) is 61.8 Å². The minimum atomic E-state index is -2.42. The van der Waals surface area contributed by atoms with Gasteiger partial charge in [0.2, 0.25) is 0 Å². The number of alkyl halides is 1. The first-order valence-electron chi connectivity index (χ1n) is 15.7. The first kappa shape index (κ1) is 37.3.